The van der Waals surface area contributed by atoms with E-state index in [0.717, 1.165) is 38.9 Å². The first-order chi connectivity index (χ1) is 11.6. The Morgan fingerprint density at radius 3 is 2.24 bits per heavy atom. The van der Waals surface area contributed by atoms with E-state index in [1.54, 1.807) is 24.3 Å². The number of hydrogen-bond acceptors (Lipinski definition) is 4. The Balaban J connectivity index is 0.00000576. The lowest BCUT2D eigenvalue weighted by Gasteiger charge is -2.17. The molecule has 0 radical (unpaired) electrons. The van der Waals surface area contributed by atoms with Crippen molar-refractivity contribution in [1.29, 1.82) is 0 Å². The quantitative estimate of drug-likeness (QED) is 0.470. The van der Waals surface area contributed by atoms with Crippen LogP contribution in [0.3, 0.4) is 0 Å². The van der Waals surface area contributed by atoms with Gasteiger partial charge in [-0.05, 0) is 56.7 Å². The van der Waals surface area contributed by atoms with Gasteiger partial charge >= 0.3 is 5.97 Å². The number of halogens is 1. The molecule has 5 nitrogen and oxygen atoms in total. The normalized spacial score (nSPS) is 10.2. The second-order valence-electron chi connectivity index (χ2n) is 5.75. The van der Waals surface area contributed by atoms with E-state index >= 15 is 0 Å². The van der Waals surface area contributed by atoms with Crippen LogP contribution in [-0.4, -0.2) is 43.0 Å². The summed E-state index contributed by atoms with van der Waals surface area (Å²) < 4.78 is 5.16. The molecular weight excluding hydrogens is 340 g/mol. The Kier molecular flexibility index (Phi) is 12.8. The summed E-state index contributed by atoms with van der Waals surface area (Å²) in [5.41, 5.74) is 1.21. The number of rotatable bonds is 11. The zero-order chi connectivity index (χ0) is 17.8. The highest BCUT2D eigenvalue weighted by atomic mass is 35.5. The fourth-order valence-electron chi connectivity index (χ4n) is 2.31. The van der Waals surface area contributed by atoms with Crippen molar-refractivity contribution in [3.63, 3.8) is 0 Å². The molecule has 142 valence electrons. The zero-order valence-corrected chi connectivity index (χ0v) is 16.4. The molecule has 1 aromatic carbocycles. The summed E-state index contributed by atoms with van der Waals surface area (Å²) in [6, 6.07) is 6.83. The maximum atomic E-state index is 11.9. The van der Waals surface area contributed by atoms with Crippen LogP contribution in [-0.2, 0) is 9.53 Å². The molecule has 0 unspecified atom stereocenters. The van der Waals surface area contributed by atoms with Crippen LogP contribution < -0.4 is 5.32 Å². The fourth-order valence-corrected chi connectivity index (χ4v) is 2.31. The molecule has 25 heavy (non-hydrogen) atoms. The van der Waals surface area contributed by atoms with E-state index in [1.165, 1.54) is 0 Å². The van der Waals surface area contributed by atoms with E-state index in [-0.39, 0.29) is 24.3 Å². The number of benzene rings is 1. The van der Waals surface area contributed by atoms with Crippen molar-refractivity contribution in [2.24, 2.45) is 0 Å². The molecule has 1 rings (SSSR count). The van der Waals surface area contributed by atoms with Crippen LogP contribution in [0.4, 0.5) is 5.69 Å². The van der Waals surface area contributed by atoms with Gasteiger partial charge in [-0.3, -0.25) is 4.79 Å². The van der Waals surface area contributed by atoms with Gasteiger partial charge in [0.25, 0.3) is 0 Å². The van der Waals surface area contributed by atoms with Crippen molar-refractivity contribution in [2.45, 2.75) is 46.5 Å². The van der Waals surface area contributed by atoms with Crippen LogP contribution >= 0.6 is 12.4 Å². The summed E-state index contributed by atoms with van der Waals surface area (Å²) in [4.78, 5) is 26.0. The van der Waals surface area contributed by atoms with Crippen LogP contribution in [0.25, 0.3) is 0 Å². The summed E-state index contributed by atoms with van der Waals surface area (Å²) >= 11 is 0. The lowest BCUT2D eigenvalue weighted by atomic mass is 10.2. The molecule has 0 aliphatic heterocycles. The molecule has 6 heteroatoms. The first kappa shape index (κ1) is 23.4. The van der Waals surface area contributed by atoms with Gasteiger partial charge < -0.3 is 15.0 Å². The maximum Gasteiger partial charge on any atom is 0.338 e. The third-order valence-corrected chi connectivity index (χ3v) is 3.91. The highest BCUT2D eigenvalue weighted by molar-refractivity contribution is 5.93. The lowest BCUT2D eigenvalue weighted by molar-refractivity contribution is -0.116. The maximum absolute atomic E-state index is 11.9. The van der Waals surface area contributed by atoms with Gasteiger partial charge in [0.1, 0.15) is 0 Å². The van der Waals surface area contributed by atoms with Crippen LogP contribution in [0.1, 0.15) is 56.8 Å². The number of hydrogen-bond donors (Lipinski definition) is 1. The molecule has 0 aromatic heterocycles. The lowest BCUT2D eigenvalue weighted by Crippen LogP contribution is -2.25. The topological polar surface area (TPSA) is 58.6 Å². The molecule has 0 bridgehead atoms. The second kappa shape index (κ2) is 13.7. The highest BCUT2D eigenvalue weighted by Crippen LogP contribution is 2.11. The number of anilines is 1. The van der Waals surface area contributed by atoms with Crippen LogP contribution in [0.2, 0.25) is 0 Å². The Hall–Kier alpha value is -1.59. The first-order valence-corrected chi connectivity index (χ1v) is 8.90. The Labute approximate surface area is 157 Å². The minimum Gasteiger partial charge on any atom is -0.462 e. The molecule has 0 fully saturated rings. The molecule has 0 aliphatic rings. The molecule has 1 amide bonds. The smallest absolute Gasteiger partial charge is 0.338 e. The summed E-state index contributed by atoms with van der Waals surface area (Å²) in [6.07, 6.45) is 3.20. The number of amides is 1. The monoisotopic (exact) mass is 370 g/mol. The van der Waals surface area contributed by atoms with Crippen LogP contribution in [0, 0.1) is 0 Å². The summed E-state index contributed by atoms with van der Waals surface area (Å²) in [7, 11) is 0. The van der Waals surface area contributed by atoms with E-state index < -0.39 is 0 Å². The highest BCUT2D eigenvalue weighted by Gasteiger charge is 2.08. The number of esters is 1. The van der Waals surface area contributed by atoms with E-state index in [4.69, 9.17) is 4.74 Å². The number of carbonyl (C=O) groups excluding carboxylic acids is 2. The molecule has 1 aromatic rings. The van der Waals surface area contributed by atoms with Crippen molar-refractivity contribution in [2.75, 3.05) is 31.6 Å². The number of ether oxygens (including phenoxy) is 1. The Morgan fingerprint density at radius 1 is 1.04 bits per heavy atom. The Morgan fingerprint density at radius 2 is 1.68 bits per heavy atom. The molecular formula is C19H31ClN2O3. The van der Waals surface area contributed by atoms with E-state index in [1.807, 2.05) is 6.92 Å². The zero-order valence-electron chi connectivity index (χ0n) is 15.5. The number of unbranched alkanes of at least 4 members (excludes halogenated alkanes) is 1. The second-order valence-corrected chi connectivity index (χ2v) is 5.75. The van der Waals surface area contributed by atoms with Gasteiger partial charge in [0, 0.05) is 12.1 Å². The van der Waals surface area contributed by atoms with E-state index in [2.05, 4.69) is 24.1 Å². The van der Waals surface area contributed by atoms with Crippen molar-refractivity contribution in [3.05, 3.63) is 29.8 Å². The number of carbonyl (C=O) groups is 2. The number of nitrogens with zero attached hydrogens (tertiary/aromatic N) is 1. The van der Waals surface area contributed by atoms with Gasteiger partial charge in [-0.2, -0.15) is 0 Å². The molecule has 0 heterocycles. The number of nitrogens with one attached hydrogen (secondary N) is 1. The largest absolute Gasteiger partial charge is 0.462 e. The predicted molar refractivity (Wildman–Crippen MR) is 105 cm³/mol. The van der Waals surface area contributed by atoms with Gasteiger partial charge in [-0.25, -0.2) is 4.79 Å². The van der Waals surface area contributed by atoms with Gasteiger partial charge in [-0.15, -0.1) is 12.4 Å². The van der Waals surface area contributed by atoms with E-state index in [9.17, 15) is 9.59 Å². The van der Waals surface area contributed by atoms with Gasteiger partial charge in [0.15, 0.2) is 0 Å². The van der Waals surface area contributed by atoms with Crippen molar-refractivity contribution >= 4 is 30.0 Å². The Bertz CT molecular complexity index is 502. The summed E-state index contributed by atoms with van der Waals surface area (Å²) in [6.45, 7) is 9.69. The summed E-state index contributed by atoms with van der Waals surface area (Å²) in [5, 5.41) is 2.86. The van der Waals surface area contributed by atoms with Crippen LogP contribution in [0.15, 0.2) is 24.3 Å². The third kappa shape index (κ3) is 9.46. The van der Waals surface area contributed by atoms with Crippen molar-refractivity contribution in [1.82, 2.24) is 4.90 Å². The van der Waals surface area contributed by atoms with Crippen LogP contribution in [0.5, 0.6) is 0 Å². The standard InChI is InChI=1S/C19H30N2O3.ClH/c1-4-7-15-24-19(23)16-10-12-17(13-11-16)20-18(22)9-8-14-21(5-2)6-3;/h10-13H,4-9,14-15H2,1-3H3,(H,20,22);1H. The molecule has 0 atom stereocenters. The van der Waals surface area contributed by atoms with Gasteiger partial charge in [-0.1, -0.05) is 27.2 Å². The van der Waals surface area contributed by atoms with Gasteiger partial charge in [0.05, 0.1) is 12.2 Å². The predicted octanol–water partition coefficient (Wildman–Crippen LogP) is 4.13. The minimum atomic E-state index is -0.319. The molecule has 0 saturated heterocycles. The third-order valence-electron chi connectivity index (χ3n) is 3.91. The molecule has 0 spiro atoms. The van der Waals surface area contributed by atoms with E-state index in [0.29, 0.717) is 24.3 Å². The van der Waals surface area contributed by atoms with Crippen molar-refractivity contribution < 1.29 is 14.3 Å². The molecule has 0 saturated carbocycles. The first-order valence-electron chi connectivity index (χ1n) is 8.90. The summed E-state index contributed by atoms with van der Waals surface area (Å²) in [5.74, 6) is -0.319. The average Bonchev–Trinajstić information content (AvgIpc) is 2.59. The minimum absolute atomic E-state index is 0. The molecule has 0 aliphatic carbocycles. The average molecular weight is 371 g/mol. The molecule has 1 N–H and O–H groups in total. The fraction of sp³-hybridized carbons (Fsp3) is 0.579. The van der Waals surface area contributed by atoms with Crippen molar-refractivity contribution in [3.8, 4) is 0 Å². The van der Waals surface area contributed by atoms with Gasteiger partial charge in [0.2, 0.25) is 5.91 Å². The SMILES string of the molecule is CCCCOC(=O)c1ccc(NC(=O)CCCN(CC)CC)cc1.Cl.